The highest BCUT2D eigenvalue weighted by molar-refractivity contribution is 6.04. The number of fused-ring (bicyclic) bond motifs is 1. The SMILES string of the molecule is CCCCCCCCC=CCC=CC/C=C\CCCC(=O)O.COc1ccc2c(c1)C(=O)CCC(C(=O)O)=C2. The number of hydrogen-bond acceptors (Lipinski definition) is 4. The minimum Gasteiger partial charge on any atom is -0.497 e. The Hall–Kier alpha value is -3.41. The number of ketones is 1. The topological polar surface area (TPSA) is 101 Å². The molecule has 0 aromatic heterocycles. The van der Waals surface area contributed by atoms with Crippen LogP contribution in [0.2, 0.25) is 0 Å². The third-order valence-electron chi connectivity index (χ3n) is 6.32. The monoisotopic (exact) mass is 538 g/mol. The van der Waals surface area contributed by atoms with Crippen LogP contribution in [-0.2, 0) is 9.59 Å². The maximum Gasteiger partial charge on any atom is 0.331 e. The summed E-state index contributed by atoms with van der Waals surface area (Å²) in [5, 5.41) is 17.5. The first-order valence-corrected chi connectivity index (χ1v) is 14.2. The number of benzene rings is 1. The first-order chi connectivity index (χ1) is 18.9. The van der Waals surface area contributed by atoms with Crippen LogP contribution in [0.3, 0.4) is 0 Å². The van der Waals surface area contributed by atoms with Gasteiger partial charge in [-0.05, 0) is 68.7 Å². The molecule has 0 spiro atoms. The van der Waals surface area contributed by atoms with Crippen molar-refractivity contribution >= 4 is 23.8 Å². The maximum absolute atomic E-state index is 11.9. The fourth-order valence-corrected chi connectivity index (χ4v) is 4.03. The van der Waals surface area contributed by atoms with Gasteiger partial charge in [-0.1, -0.05) is 81.6 Å². The second-order valence-electron chi connectivity index (χ2n) is 9.58. The minimum absolute atomic E-state index is 0.0496. The number of carbonyl (C=O) groups is 3. The number of rotatable bonds is 17. The van der Waals surface area contributed by atoms with Crippen molar-refractivity contribution < 1.29 is 29.3 Å². The predicted molar refractivity (Wildman–Crippen MR) is 158 cm³/mol. The van der Waals surface area contributed by atoms with Crippen molar-refractivity contribution in [3.05, 3.63) is 71.4 Å². The number of allylic oxidation sites excluding steroid dienone is 6. The van der Waals surface area contributed by atoms with Gasteiger partial charge in [0.25, 0.3) is 0 Å². The number of aliphatic carboxylic acids is 2. The third kappa shape index (κ3) is 16.2. The molecule has 214 valence electrons. The molecule has 2 rings (SSSR count). The second kappa shape index (κ2) is 21.5. The summed E-state index contributed by atoms with van der Waals surface area (Å²) in [6.45, 7) is 2.26. The number of carboxylic acids is 2. The lowest BCUT2D eigenvalue weighted by Gasteiger charge is -2.05. The van der Waals surface area contributed by atoms with Gasteiger partial charge < -0.3 is 14.9 Å². The summed E-state index contributed by atoms with van der Waals surface area (Å²) in [5.41, 5.74) is 1.44. The number of unbranched alkanes of at least 4 members (excludes halogenated alkanes) is 7. The van der Waals surface area contributed by atoms with Crippen LogP contribution < -0.4 is 4.74 Å². The molecule has 0 atom stereocenters. The fourth-order valence-electron chi connectivity index (χ4n) is 4.03. The van der Waals surface area contributed by atoms with Crippen molar-refractivity contribution in [2.45, 2.75) is 96.8 Å². The summed E-state index contributed by atoms with van der Waals surface area (Å²) >= 11 is 0. The molecule has 0 radical (unpaired) electrons. The van der Waals surface area contributed by atoms with Crippen molar-refractivity contribution in [1.29, 1.82) is 0 Å². The zero-order valence-corrected chi connectivity index (χ0v) is 23.7. The normalized spacial score (nSPS) is 13.2. The van der Waals surface area contributed by atoms with E-state index in [2.05, 4.69) is 43.4 Å². The zero-order chi connectivity index (χ0) is 28.7. The minimum atomic E-state index is -0.971. The van der Waals surface area contributed by atoms with Gasteiger partial charge in [0.15, 0.2) is 5.78 Å². The summed E-state index contributed by atoms with van der Waals surface area (Å²) < 4.78 is 5.05. The van der Waals surface area contributed by atoms with Gasteiger partial charge in [0.05, 0.1) is 7.11 Å². The van der Waals surface area contributed by atoms with Gasteiger partial charge in [0.1, 0.15) is 5.75 Å². The van der Waals surface area contributed by atoms with E-state index in [4.69, 9.17) is 14.9 Å². The highest BCUT2D eigenvalue weighted by atomic mass is 16.5. The Bertz CT molecular complexity index is 999. The van der Waals surface area contributed by atoms with Crippen LogP contribution in [0.15, 0.2) is 60.2 Å². The van der Waals surface area contributed by atoms with Crippen molar-refractivity contribution in [1.82, 2.24) is 0 Å². The van der Waals surface area contributed by atoms with E-state index in [1.807, 2.05) is 0 Å². The molecule has 39 heavy (non-hydrogen) atoms. The Morgan fingerprint density at radius 3 is 2.08 bits per heavy atom. The van der Waals surface area contributed by atoms with E-state index >= 15 is 0 Å². The van der Waals surface area contributed by atoms with E-state index in [0.717, 1.165) is 25.7 Å². The van der Waals surface area contributed by atoms with Crippen LogP contribution in [0.25, 0.3) is 6.08 Å². The first kappa shape index (κ1) is 33.6. The first-order valence-electron chi connectivity index (χ1n) is 14.2. The maximum atomic E-state index is 11.9. The molecule has 0 saturated heterocycles. The molecule has 0 saturated carbocycles. The van der Waals surface area contributed by atoms with E-state index in [0.29, 0.717) is 16.9 Å². The molecule has 6 heteroatoms. The average molecular weight is 539 g/mol. The van der Waals surface area contributed by atoms with Crippen molar-refractivity contribution in [2.75, 3.05) is 7.11 Å². The number of ether oxygens (including phenoxy) is 1. The molecule has 6 nitrogen and oxygen atoms in total. The van der Waals surface area contributed by atoms with Crippen LogP contribution in [0.5, 0.6) is 5.75 Å². The average Bonchev–Trinajstić information content (AvgIpc) is 3.09. The van der Waals surface area contributed by atoms with Crippen molar-refractivity contribution in [2.24, 2.45) is 0 Å². The van der Waals surface area contributed by atoms with Crippen LogP contribution in [0.4, 0.5) is 0 Å². The summed E-state index contributed by atoms with van der Waals surface area (Å²) in [5.74, 6) is -1.13. The molecule has 1 aliphatic carbocycles. The Labute approximate surface area is 234 Å². The van der Waals surface area contributed by atoms with Gasteiger partial charge >= 0.3 is 11.9 Å². The molecule has 0 unspecified atom stereocenters. The lowest BCUT2D eigenvalue weighted by molar-refractivity contribution is -0.137. The Kier molecular flexibility index (Phi) is 18.5. The largest absolute Gasteiger partial charge is 0.497 e. The number of hydrogen-bond donors (Lipinski definition) is 2. The lowest BCUT2D eigenvalue weighted by atomic mass is 10.0. The zero-order valence-electron chi connectivity index (χ0n) is 23.7. The molecule has 1 aromatic rings. The highest BCUT2D eigenvalue weighted by Crippen LogP contribution is 2.26. The number of Topliss-reactive ketones (excluding diaryl/α,β-unsaturated/α-hetero) is 1. The van der Waals surface area contributed by atoms with Crippen LogP contribution in [0.1, 0.15) is 113 Å². The fraction of sp³-hybridized carbons (Fsp3) is 0.485. The third-order valence-corrected chi connectivity index (χ3v) is 6.32. The van der Waals surface area contributed by atoms with Gasteiger partial charge in [0, 0.05) is 24.0 Å². The van der Waals surface area contributed by atoms with Crippen molar-refractivity contribution in [3.63, 3.8) is 0 Å². The van der Waals surface area contributed by atoms with Crippen LogP contribution in [0, 0.1) is 0 Å². The molecule has 0 amide bonds. The number of carbonyl (C=O) groups excluding carboxylic acids is 1. The summed E-state index contributed by atoms with van der Waals surface area (Å²) in [4.78, 5) is 33.1. The molecule has 0 aliphatic heterocycles. The standard InChI is InChI=1S/C20H34O2.C13H12O4/c1-2-3-4-5-6-7-8-9-10-11-12-13-14-15-16-17-18-19-20(21)22;1-17-10-4-2-8-6-9(13(15)16)3-5-12(14)11(8)7-10/h9-10,12-13,15-16H,2-8,11,14,17-19H2,1H3,(H,21,22);2,4,6-7H,3,5H2,1H3,(H,15,16)/b10-9?,13-12?,16-15-;. The van der Waals surface area contributed by atoms with Crippen LogP contribution in [-0.4, -0.2) is 35.0 Å². The summed E-state index contributed by atoms with van der Waals surface area (Å²) in [7, 11) is 1.53. The Morgan fingerprint density at radius 2 is 1.46 bits per heavy atom. The number of carboxylic acid groups (broad SMARTS) is 2. The Balaban J connectivity index is 0.000000400. The van der Waals surface area contributed by atoms with Gasteiger partial charge in [-0.2, -0.15) is 0 Å². The molecular formula is C33H46O6. The molecule has 0 heterocycles. The molecule has 1 aromatic carbocycles. The van der Waals surface area contributed by atoms with Gasteiger partial charge in [-0.15, -0.1) is 0 Å². The molecule has 0 bridgehead atoms. The lowest BCUT2D eigenvalue weighted by Crippen LogP contribution is -2.02. The van der Waals surface area contributed by atoms with E-state index < -0.39 is 11.9 Å². The quantitative estimate of drug-likeness (QED) is 0.152. The summed E-state index contributed by atoms with van der Waals surface area (Å²) in [6.07, 6.45) is 28.4. The van der Waals surface area contributed by atoms with Crippen LogP contribution >= 0.6 is 0 Å². The molecule has 1 aliphatic rings. The van der Waals surface area contributed by atoms with Gasteiger partial charge in [-0.25, -0.2) is 4.79 Å². The van der Waals surface area contributed by atoms with Gasteiger partial charge in [0.2, 0.25) is 0 Å². The molecular weight excluding hydrogens is 492 g/mol. The highest BCUT2D eigenvalue weighted by Gasteiger charge is 2.19. The van der Waals surface area contributed by atoms with E-state index in [1.165, 1.54) is 52.1 Å². The predicted octanol–water partition coefficient (Wildman–Crippen LogP) is 8.58. The number of methoxy groups -OCH3 is 1. The summed E-state index contributed by atoms with van der Waals surface area (Å²) in [6, 6.07) is 5.08. The van der Waals surface area contributed by atoms with E-state index in [9.17, 15) is 14.4 Å². The van der Waals surface area contributed by atoms with Crippen molar-refractivity contribution in [3.8, 4) is 5.75 Å². The Morgan fingerprint density at radius 1 is 0.846 bits per heavy atom. The van der Waals surface area contributed by atoms with Gasteiger partial charge in [-0.3, -0.25) is 9.59 Å². The van der Waals surface area contributed by atoms with E-state index in [-0.39, 0.29) is 30.6 Å². The molecule has 2 N–H and O–H groups in total. The second-order valence-corrected chi connectivity index (χ2v) is 9.58. The molecule has 0 fully saturated rings. The smallest absolute Gasteiger partial charge is 0.331 e. The van der Waals surface area contributed by atoms with E-state index in [1.54, 1.807) is 24.3 Å².